The van der Waals surface area contributed by atoms with E-state index in [9.17, 15) is 40.5 Å². The molecule has 0 fully saturated rings. The van der Waals surface area contributed by atoms with E-state index in [0.717, 1.165) is 0 Å². The standard InChI is InChI=1S/C6H10N4O13/c11-7(12)20-3-5(22-9(15)16)1-19-2-6(23-10(17)18)4-21-8(13)14/h5-6H,1-4H2. The van der Waals surface area contributed by atoms with Gasteiger partial charge in [0, 0.05) is 0 Å². The Morgan fingerprint density at radius 3 is 1.22 bits per heavy atom. The summed E-state index contributed by atoms with van der Waals surface area (Å²) in [5.41, 5.74) is 0. The van der Waals surface area contributed by atoms with E-state index in [4.69, 9.17) is 4.74 Å². The first-order valence-electron chi connectivity index (χ1n) is 5.45. The second kappa shape index (κ2) is 10.5. The smallest absolute Gasteiger partial charge is 0.294 e. The summed E-state index contributed by atoms with van der Waals surface area (Å²) in [4.78, 5) is 56.1. The first-order chi connectivity index (χ1) is 10.7. The summed E-state index contributed by atoms with van der Waals surface area (Å²) in [6, 6.07) is 0. The van der Waals surface area contributed by atoms with Gasteiger partial charge in [-0.1, -0.05) is 0 Å². The molecule has 0 rings (SSSR count). The van der Waals surface area contributed by atoms with Crippen LogP contribution >= 0.6 is 0 Å². The van der Waals surface area contributed by atoms with Crippen LogP contribution in [0.3, 0.4) is 0 Å². The summed E-state index contributed by atoms with van der Waals surface area (Å²) in [6.07, 6.45) is -3.02. The SMILES string of the molecule is O=[N+]([O-])OCC(COCC(CO[N+](=O)[O-])O[N+](=O)[O-])O[N+](=O)[O-]. The molecule has 0 amide bonds. The van der Waals surface area contributed by atoms with Crippen LogP contribution in [0.25, 0.3) is 0 Å². The molecule has 17 nitrogen and oxygen atoms in total. The van der Waals surface area contributed by atoms with Crippen LogP contribution in [0.15, 0.2) is 0 Å². The van der Waals surface area contributed by atoms with Gasteiger partial charge in [-0.3, -0.25) is 0 Å². The molecule has 0 aliphatic carbocycles. The van der Waals surface area contributed by atoms with Crippen LogP contribution in [0.5, 0.6) is 0 Å². The van der Waals surface area contributed by atoms with Gasteiger partial charge in [-0.15, -0.1) is 40.5 Å². The van der Waals surface area contributed by atoms with Crippen molar-refractivity contribution in [3.63, 3.8) is 0 Å². The van der Waals surface area contributed by atoms with Crippen molar-refractivity contribution in [3.05, 3.63) is 40.5 Å². The van der Waals surface area contributed by atoms with Gasteiger partial charge in [-0.25, -0.2) is 0 Å². The van der Waals surface area contributed by atoms with Gasteiger partial charge in [0.15, 0.2) is 12.2 Å². The van der Waals surface area contributed by atoms with Crippen LogP contribution in [-0.4, -0.2) is 59.0 Å². The van der Waals surface area contributed by atoms with Gasteiger partial charge < -0.3 is 24.1 Å². The fourth-order valence-corrected chi connectivity index (χ4v) is 1.08. The molecule has 0 aromatic rings. The largest absolute Gasteiger partial charge is 0.377 e. The van der Waals surface area contributed by atoms with E-state index in [0.29, 0.717) is 0 Å². The van der Waals surface area contributed by atoms with Gasteiger partial charge >= 0.3 is 0 Å². The quantitative estimate of drug-likeness (QED) is 0.260. The Morgan fingerprint density at radius 1 is 0.609 bits per heavy atom. The maximum atomic E-state index is 10.2. The maximum absolute atomic E-state index is 10.2. The third kappa shape index (κ3) is 12.2. The molecule has 2 atom stereocenters. The molecule has 0 bridgehead atoms. The van der Waals surface area contributed by atoms with Crippen molar-refractivity contribution in [1.82, 2.24) is 0 Å². The Kier molecular flexibility index (Phi) is 9.01. The van der Waals surface area contributed by atoms with Crippen molar-refractivity contribution in [1.29, 1.82) is 0 Å². The lowest BCUT2D eigenvalue weighted by Gasteiger charge is -2.17. The molecule has 0 aromatic carbocycles. The van der Waals surface area contributed by atoms with Crippen molar-refractivity contribution in [2.45, 2.75) is 12.2 Å². The summed E-state index contributed by atoms with van der Waals surface area (Å²) >= 11 is 0. The van der Waals surface area contributed by atoms with Gasteiger partial charge in [0.25, 0.3) is 20.3 Å². The molecular weight excluding hydrogens is 336 g/mol. The average molecular weight is 346 g/mol. The minimum atomic E-state index is -1.51. The highest BCUT2D eigenvalue weighted by molar-refractivity contribution is 4.56. The summed E-state index contributed by atoms with van der Waals surface area (Å²) in [6.45, 7) is -2.99. The maximum Gasteiger partial charge on any atom is 0.294 e. The normalized spacial score (nSPS) is 12.5. The lowest BCUT2D eigenvalue weighted by Crippen LogP contribution is -2.33. The van der Waals surface area contributed by atoms with Gasteiger partial charge in [-0.2, -0.15) is 0 Å². The van der Waals surface area contributed by atoms with E-state index in [-0.39, 0.29) is 0 Å². The topological polar surface area (TPSA) is 219 Å². The highest BCUT2D eigenvalue weighted by Gasteiger charge is 2.20. The molecule has 0 aliphatic heterocycles. The summed E-state index contributed by atoms with van der Waals surface area (Å²) in [5, 5.41) is 35.4. The second-order valence-electron chi connectivity index (χ2n) is 3.48. The van der Waals surface area contributed by atoms with Gasteiger partial charge in [0.1, 0.15) is 13.2 Å². The van der Waals surface area contributed by atoms with Gasteiger partial charge in [-0.05, 0) is 0 Å². The number of hydrogen-bond donors (Lipinski definition) is 0. The number of nitrogens with zero attached hydrogens (tertiary/aromatic N) is 4. The molecule has 0 saturated heterocycles. The highest BCUT2D eigenvalue weighted by Crippen LogP contribution is 2.00. The molecule has 17 heteroatoms. The van der Waals surface area contributed by atoms with Crippen molar-refractivity contribution in [2.24, 2.45) is 0 Å². The molecule has 0 heterocycles. The number of hydrogen-bond acceptors (Lipinski definition) is 13. The van der Waals surface area contributed by atoms with Crippen molar-refractivity contribution in [2.75, 3.05) is 26.4 Å². The molecule has 0 spiro atoms. The Morgan fingerprint density at radius 2 is 0.957 bits per heavy atom. The van der Waals surface area contributed by atoms with Crippen LogP contribution in [0.2, 0.25) is 0 Å². The van der Waals surface area contributed by atoms with Crippen LogP contribution in [0, 0.1) is 40.5 Å². The molecule has 2 unspecified atom stereocenters. The van der Waals surface area contributed by atoms with E-state index in [1.54, 1.807) is 0 Å². The minimum Gasteiger partial charge on any atom is -0.377 e. The third-order valence-corrected chi connectivity index (χ3v) is 1.81. The van der Waals surface area contributed by atoms with Crippen LogP contribution in [0.1, 0.15) is 0 Å². The lowest BCUT2D eigenvalue weighted by atomic mass is 10.4. The predicted molar refractivity (Wildman–Crippen MR) is 60.4 cm³/mol. The Balaban J connectivity index is 4.35. The Hall–Kier alpha value is -3.24. The molecular formula is C6H10N4O13. The first kappa shape index (κ1) is 19.8. The molecule has 132 valence electrons. The third-order valence-electron chi connectivity index (χ3n) is 1.81. The van der Waals surface area contributed by atoms with E-state index >= 15 is 0 Å². The summed E-state index contributed by atoms with van der Waals surface area (Å²) in [7, 11) is 0. The van der Waals surface area contributed by atoms with Crippen LogP contribution < -0.4 is 0 Å². The highest BCUT2D eigenvalue weighted by atomic mass is 17.0. The molecule has 0 saturated carbocycles. The number of rotatable bonds is 14. The van der Waals surface area contributed by atoms with Crippen LogP contribution in [0.4, 0.5) is 0 Å². The zero-order valence-corrected chi connectivity index (χ0v) is 11.1. The van der Waals surface area contributed by atoms with E-state index in [1.807, 2.05) is 0 Å². The van der Waals surface area contributed by atoms with E-state index in [1.165, 1.54) is 0 Å². The summed E-state index contributed by atoms with van der Waals surface area (Å²) in [5.74, 6) is 0. The Labute approximate surface area is 125 Å². The fourth-order valence-electron chi connectivity index (χ4n) is 1.08. The Bertz CT molecular complexity index is 391. The van der Waals surface area contributed by atoms with Gasteiger partial charge in [0.05, 0.1) is 13.2 Å². The molecule has 0 aliphatic rings. The summed E-state index contributed by atoms with van der Waals surface area (Å²) < 4.78 is 4.76. The van der Waals surface area contributed by atoms with E-state index in [2.05, 4.69) is 19.4 Å². The first-order valence-corrected chi connectivity index (χ1v) is 5.45. The zero-order valence-electron chi connectivity index (χ0n) is 11.1. The fraction of sp³-hybridized carbons (Fsp3) is 1.00. The van der Waals surface area contributed by atoms with E-state index < -0.39 is 59.0 Å². The van der Waals surface area contributed by atoms with Crippen molar-refractivity contribution < 1.29 is 44.4 Å². The molecule has 0 aromatic heterocycles. The van der Waals surface area contributed by atoms with Gasteiger partial charge in [0.2, 0.25) is 0 Å². The monoisotopic (exact) mass is 346 g/mol. The van der Waals surface area contributed by atoms with Crippen molar-refractivity contribution in [3.8, 4) is 0 Å². The molecule has 0 N–H and O–H groups in total. The minimum absolute atomic E-state index is 0.648. The lowest BCUT2D eigenvalue weighted by molar-refractivity contribution is -0.792. The predicted octanol–water partition coefficient (Wildman–Crippen LogP) is -1.43. The molecule has 0 radical (unpaired) electrons. The number of ether oxygens (including phenoxy) is 1. The average Bonchev–Trinajstić information content (AvgIpc) is 2.40. The molecule has 23 heavy (non-hydrogen) atoms. The second-order valence-corrected chi connectivity index (χ2v) is 3.48. The zero-order chi connectivity index (χ0) is 17.8. The van der Waals surface area contributed by atoms with Crippen LogP contribution in [-0.2, 0) is 24.1 Å². The van der Waals surface area contributed by atoms with Crippen molar-refractivity contribution >= 4 is 0 Å².